The quantitative estimate of drug-likeness (QED) is 0.846. The molecule has 1 aromatic heterocycles. The van der Waals surface area contributed by atoms with Gasteiger partial charge < -0.3 is 5.11 Å². The number of aromatic nitrogens is 2. The number of rotatable bonds is 3. The van der Waals surface area contributed by atoms with E-state index in [0.717, 1.165) is 10.5 Å². The Morgan fingerprint density at radius 3 is 2.57 bits per heavy atom. The standard InChI is InChI=1S/C14H11N3O4/c1-16-6-8(5-15-16)7-17-12(18)10-3-2-9(14(20)21)4-11(10)13(17)19/h2-6H,7H2,1H3,(H,20,21). The Kier molecular flexibility index (Phi) is 2.83. The number of hydrogen-bond donors (Lipinski definition) is 1. The summed E-state index contributed by atoms with van der Waals surface area (Å²) < 4.78 is 1.58. The summed E-state index contributed by atoms with van der Waals surface area (Å²) in [5.41, 5.74) is 1.07. The summed E-state index contributed by atoms with van der Waals surface area (Å²) in [5, 5.41) is 12.9. The second-order valence-corrected chi connectivity index (χ2v) is 4.78. The smallest absolute Gasteiger partial charge is 0.335 e. The Labute approximate surface area is 119 Å². The Morgan fingerprint density at radius 1 is 1.24 bits per heavy atom. The lowest BCUT2D eigenvalue weighted by molar-refractivity contribution is 0.0641. The fraction of sp³-hybridized carbons (Fsp3) is 0.143. The van der Waals surface area contributed by atoms with Gasteiger partial charge in [-0.2, -0.15) is 5.10 Å². The van der Waals surface area contributed by atoms with Crippen LogP contribution in [0.2, 0.25) is 0 Å². The molecule has 21 heavy (non-hydrogen) atoms. The molecule has 0 spiro atoms. The summed E-state index contributed by atoms with van der Waals surface area (Å²) in [5.74, 6) is -2.04. The van der Waals surface area contributed by atoms with Gasteiger partial charge in [0, 0.05) is 18.8 Å². The SMILES string of the molecule is Cn1cc(CN2C(=O)c3ccc(C(=O)O)cc3C2=O)cn1. The first-order valence-corrected chi connectivity index (χ1v) is 6.18. The molecule has 0 fully saturated rings. The molecule has 0 saturated carbocycles. The zero-order chi connectivity index (χ0) is 15.1. The minimum absolute atomic E-state index is 0.0156. The molecular formula is C14H11N3O4. The number of nitrogens with zero attached hydrogens (tertiary/aromatic N) is 3. The molecule has 0 saturated heterocycles. The van der Waals surface area contributed by atoms with E-state index in [-0.39, 0.29) is 23.2 Å². The summed E-state index contributed by atoms with van der Waals surface area (Å²) in [6.07, 6.45) is 3.29. The van der Waals surface area contributed by atoms with Crippen molar-refractivity contribution in [3.63, 3.8) is 0 Å². The number of carboxylic acids is 1. The summed E-state index contributed by atoms with van der Waals surface area (Å²) in [7, 11) is 1.74. The van der Waals surface area contributed by atoms with Crippen molar-refractivity contribution in [1.82, 2.24) is 14.7 Å². The summed E-state index contributed by atoms with van der Waals surface area (Å²) in [6.45, 7) is 0.114. The molecule has 2 amide bonds. The van der Waals surface area contributed by atoms with Gasteiger partial charge in [0.25, 0.3) is 11.8 Å². The molecule has 0 atom stereocenters. The molecule has 7 nitrogen and oxygen atoms in total. The van der Waals surface area contributed by atoms with E-state index in [4.69, 9.17) is 5.11 Å². The number of aryl methyl sites for hydroxylation is 1. The topological polar surface area (TPSA) is 92.5 Å². The van der Waals surface area contributed by atoms with Gasteiger partial charge >= 0.3 is 5.97 Å². The van der Waals surface area contributed by atoms with Crippen LogP contribution in [0.1, 0.15) is 36.6 Å². The second-order valence-electron chi connectivity index (χ2n) is 4.78. The van der Waals surface area contributed by atoms with E-state index in [2.05, 4.69) is 5.10 Å². The van der Waals surface area contributed by atoms with Crippen LogP contribution in [0.25, 0.3) is 0 Å². The van der Waals surface area contributed by atoms with Gasteiger partial charge in [-0.3, -0.25) is 19.2 Å². The van der Waals surface area contributed by atoms with E-state index >= 15 is 0 Å². The van der Waals surface area contributed by atoms with Crippen molar-refractivity contribution in [2.45, 2.75) is 6.54 Å². The molecule has 0 unspecified atom stereocenters. The van der Waals surface area contributed by atoms with Gasteiger partial charge in [0.15, 0.2) is 0 Å². The molecule has 0 aliphatic carbocycles. The number of imide groups is 1. The highest BCUT2D eigenvalue weighted by Crippen LogP contribution is 2.25. The fourth-order valence-corrected chi connectivity index (χ4v) is 2.30. The highest BCUT2D eigenvalue weighted by Gasteiger charge is 2.36. The van der Waals surface area contributed by atoms with Gasteiger partial charge in [0.1, 0.15) is 0 Å². The van der Waals surface area contributed by atoms with Crippen LogP contribution in [0.3, 0.4) is 0 Å². The van der Waals surface area contributed by atoms with Crippen molar-refractivity contribution >= 4 is 17.8 Å². The van der Waals surface area contributed by atoms with Gasteiger partial charge in [-0.1, -0.05) is 0 Å². The zero-order valence-electron chi connectivity index (χ0n) is 11.1. The summed E-state index contributed by atoms with van der Waals surface area (Å²) in [4.78, 5) is 36.5. The lowest BCUT2D eigenvalue weighted by atomic mass is 10.1. The van der Waals surface area contributed by atoms with E-state index in [9.17, 15) is 14.4 Å². The van der Waals surface area contributed by atoms with Crippen LogP contribution in [0.5, 0.6) is 0 Å². The fourth-order valence-electron chi connectivity index (χ4n) is 2.30. The van der Waals surface area contributed by atoms with Gasteiger partial charge in [-0.25, -0.2) is 4.79 Å². The number of amides is 2. The van der Waals surface area contributed by atoms with E-state index in [1.54, 1.807) is 24.1 Å². The normalized spacial score (nSPS) is 13.7. The molecule has 7 heteroatoms. The maximum absolute atomic E-state index is 12.3. The van der Waals surface area contributed by atoms with E-state index in [1.807, 2.05) is 0 Å². The van der Waals surface area contributed by atoms with E-state index in [1.165, 1.54) is 18.2 Å². The minimum Gasteiger partial charge on any atom is -0.478 e. The highest BCUT2D eigenvalue weighted by atomic mass is 16.4. The number of hydrogen-bond acceptors (Lipinski definition) is 4. The predicted octanol–water partition coefficient (Wildman–Crippen LogP) is 0.915. The van der Waals surface area contributed by atoms with Crippen molar-refractivity contribution in [3.05, 3.63) is 52.8 Å². The monoisotopic (exact) mass is 285 g/mol. The van der Waals surface area contributed by atoms with Crippen molar-refractivity contribution in [3.8, 4) is 0 Å². The highest BCUT2D eigenvalue weighted by molar-refractivity contribution is 6.21. The lowest BCUT2D eigenvalue weighted by Crippen LogP contribution is -2.28. The van der Waals surface area contributed by atoms with E-state index in [0.29, 0.717) is 0 Å². The third-order valence-electron chi connectivity index (χ3n) is 3.32. The number of benzene rings is 1. The molecule has 1 aliphatic rings. The molecule has 0 radical (unpaired) electrons. The number of fused-ring (bicyclic) bond motifs is 1. The average Bonchev–Trinajstić information content (AvgIpc) is 2.96. The summed E-state index contributed by atoms with van der Waals surface area (Å²) in [6, 6.07) is 3.93. The second kappa shape index (κ2) is 4.55. The predicted molar refractivity (Wildman–Crippen MR) is 70.8 cm³/mol. The van der Waals surface area contributed by atoms with Crippen molar-refractivity contribution in [2.24, 2.45) is 7.05 Å². The maximum atomic E-state index is 12.3. The molecule has 3 rings (SSSR count). The molecule has 1 N–H and O–H groups in total. The average molecular weight is 285 g/mol. The van der Waals surface area contributed by atoms with E-state index < -0.39 is 17.8 Å². The Bertz CT molecular complexity index is 778. The van der Waals surface area contributed by atoms with Crippen molar-refractivity contribution in [1.29, 1.82) is 0 Å². The third-order valence-corrected chi connectivity index (χ3v) is 3.32. The Morgan fingerprint density at radius 2 is 1.95 bits per heavy atom. The molecular weight excluding hydrogens is 274 g/mol. The van der Waals surface area contributed by atoms with Gasteiger partial charge in [-0.05, 0) is 18.2 Å². The molecule has 1 aromatic carbocycles. The number of carbonyl (C=O) groups is 3. The lowest BCUT2D eigenvalue weighted by Gasteiger charge is -2.11. The van der Waals surface area contributed by atoms with Crippen LogP contribution in [0.4, 0.5) is 0 Å². The molecule has 2 aromatic rings. The third kappa shape index (κ3) is 2.08. The Balaban J connectivity index is 1.94. The molecule has 0 bridgehead atoms. The van der Waals surface area contributed by atoms with Crippen LogP contribution >= 0.6 is 0 Å². The van der Waals surface area contributed by atoms with Crippen molar-refractivity contribution < 1.29 is 19.5 Å². The van der Waals surface area contributed by atoms with Crippen molar-refractivity contribution in [2.75, 3.05) is 0 Å². The summed E-state index contributed by atoms with van der Waals surface area (Å²) >= 11 is 0. The van der Waals surface area contributed by atoms with Gasteiger partial charge in [-0.15, -0.1) is 0 Å². The number of carboxylic acid groups (broad SMARTS) is 1. The molecule has 106 valence electrons. The van der Waals surface area contributed by atoms with Crippen LogP contribution in [-0.4, -0.2) is 37.6 Å². The first-order chi connectivity index (χ1) is 9.97. The molecule has 2 heterocycles. The molecule has 1 aliphatic heterocycles. The number of aromatic carboxylic acids is 1. The first-order valence-electron chi connectivity index (χ1n) is 6.18. The van der Waals surface area contributed by atoms with Crippen LogP contribution in [0, 0.1) is 0 Å². The van der Waals surface area contributed by atoms with Crippen LogP contribution in [-0.2, 0) is 13.6 Å². The number of carbonyl (C=O) groups excluding carboxylic acids is 2. The van der Waals surface area contributed by atoms with Crippen LogP contribution < -0.4 is 0 Å². The largest absolute Gasteiger partial charge is 0.478 e. The zero-order valence-corrected chi connectivity index (χ0v) is 11.1. The minimum atomic E-state index is -1.14. The van der Waals surface area contributed by atoms with Crippen LogP contribution in [0.15, 0.2) is 30.6 Å². The Hall–Kier alpha value is -2.96. The maximum Gasteiger partial charge on any atom is 0.335 e. The van der Waals surface area contributed by atoms with Gasteiger partial charge in [0.2, 0.25) is 0 Å². The first kappa shape index (κ1) is 13.0. The van der Waals surface area contributed by atoms with Gasteiger partial charge in [0.05, 0.1) is 29.4 Å².